The smallest absolute Gasteiger partial charge is 0.416 e. The number of ether oxygens (including phenoxy) is 1. The van der Waals surface area contributed by atoms with E-state index in [1.54, 1.807) is 11.6 Å². The van der Waals surface area contributed by atoms with Gasteiger partial charge in [-0.25, -0.2) is 4.98 Å². The van der Waals surface area contributed by atoms with Gasteiger partial charge in [0.2, 0.25) is 0 Å². The number of aromatic nitrogens is 1. The first-order valence-corrected chi connectivity index (χ1v) is 7.80. The van der Waals surface area contributed by atoms with E-state index in [0.29, 0.717) is 24.4 Å². The van der Waals surface area contributed by atoms with Crippen LogP contribution in [0, 0.1) is 0 Å². The molecule has 22 heavy (non-hydrogen) atoms. The zero-order valence-electron chi connectivity index (χ0n) is 11.4. The molecule has 0 spiro atoms. The molecule has 2 rings (SSSR count). The first kappa shape index (κ1) is 17.1. The van der Waals surface area contributed by atoms with Crippen molar-refractivity contribution in [2.24, 2.45) is 5.73 Å². The molecular weight excluding hydrogens is 337 g/mol. The third-order valence-corrected chi connectivity index (χ3v) is 4.10. The number of hydrogen-bond donors (Lipinski definition) is 1. The highest BCUT2D eigenvalue weighted by atomic mass is 35.5. The molecule has 1 unspecified atom stereocenters. The minimum Gasteiger partial charge on any atom is -0.482 e. The Kier molecular flexibility index (Phi) is 5.66. The maximum Gasteiger partial charge on any atom is 0.416 e. The lowest BCUT2D eigenvalue weighted by Crippen LogP contribution is -2.11. The fourth-order valence-electron chi connectivity index (χ4n) is 1.85. The first-order chi connectivity index (χ1) is 10.4. The molecule has 1 aromatic heterocycles. The quantitative estimate of drug-likeness (QED) is 0.823. The molecule has 1 atom stereocenters. The van der Waals surface area contributed by atoms with Crippen molar-refractivity contribution in [3.8, 4) is 5.75 Å². The maximum absolute atomic E-state index is 12.8. The largest absolute Gasteiger partial charge is 0.482 e. The van der Waals surface area contributed by atoms with Gasteiger partial charge >= 0.3 is 6.18 Å². The van der Waals surface area contributed by atoms with Crippen LogP contribution in [0.5, 0.6) is 5.75 Å². The van der Waals surface area contributed by atoms with Crippen LogP contribution < -0.4 is 10.5 Å². The van der Waals surface area contributed by atoms with Crippen molar-refractivity contribution >= 4 is 22.9 Å². The van der Waals surface area contributed by atoms with E-state index in [2.05, 4.69) is 4.98 Å². The Labute approximate surface area is 134 Å². The van der Waals surface area contributed by atoms with E-state index in [1.165, 1.54) is 17.4 Å². The van der Waals surface area contributed by atoms with Gasteiger partial charge in [-0.2, -0.15) is 13.2 Å². The molecule has 120 valence electrons. The van der Waals surface area contributed by atoms with E-state index in [9.17, 15) is 13.2 Å². The molecule has 2 N–H and O–H groups in total. The third kappa shape index (κ3) is 4.34. The molecule has 8 heteroatoms. The summed E-state index contributed by atoms with van der Waals surface area (Å²) in [5.74, 6) is -0.00582. The molecule has 0 aliphatic heterocycles. The Hall–Kier alpha value is -1.31. The van der Waals surface area contributed by atoms with E-state index in [0.717, 1.165) is 12.1 Å². The van der Waals surface area contributed by atoms with Gasteiger partial charge in [-0.1, -0.05) is 11.6 Å². The van der Waals surface area contributed by atoms with Crippen molar-refractivity contribution in [2.45, 2.75) is 25.1 Å². The van der Waals surface area contributed by atoms with E-state index in [-0.39, 0.29) is 10.8 Å². The summed E-state index contributed by atoms with van der Waals surface area (Å²) in [4.78, 5) is 4.15. The van der Waals surface area contributed by atoms with Crippen LogP contribution in [-0.2, 0) is 6.18 Å². The lowest BCUT2D eigenvalue weighted by atomic mass is 10.2. The molecule has 0 saturated carbocycles. The van der Waals surface area contributed by atoms with Crippen molar-refractivity contribution in [2.75, 3.05) is 6.54 Å². The van der Waals surface area contributed by atoms with E-state index in [4.69, 9.17) is 22.1 Å². The average Bonchev–Trinajstić information content (AvgIpc) is 2.98. The normalized spacial score (nSPS) is 13.1. The summed E-state index contributed by atoms with van der Waals surface area (Å²) in [6.45, 7) is 0.460. The number of hydrogen-bond acceptors (Lipinski definition) is 4. The predicted molar refractivity (Wildman–Crippen MR) is 80.2 cm³/mol. The lowest BCUT2D eigenvalue weighted by Gasteiger charge is -2.19. The molecule has 0 saturated heterocycles. The highest BCUT2D eigenvalue weighted by molar-refractivity contribution is 7.09. The van der Waals surface area contributed by atoms with Crippen LogP contribution in [0.3, 0.4) is 0 Å². The highest BCUT2D eigenvalue weighted by Crippen LogP contribution is 2.37. The van der Waals surface area contributed by atoms with Crippen molar-refractivity contribution < 1.29 is 17.9 Å². The molecule has 2 aromatic rings. The number of alkyl halides is 3. The fraction of sp³-hybridized carbons (Fsp3) is 0.357. The van der Waals surface area contributed by atoms with Crippen LogP contribution >= 0.6 is 22.9 Å². The van der Waals surface area contributed by atoms with Crippen LogP contribution in [-0.4, -0.2) is 11.5 Å². The number of benzene rings is 1. The molecule has 0 aliphatic carbocycles. The van der Waals surface area contributed by atoms with Crippen LogP contribution in [0.1, 0.15) is 29.5 Å². The van der Waals surface area contributed by atoms with Crippen LogP contribution in [0.4, 0.5) is 13.2 Å². The molecule has 0 radical (unpaired) electrons. The average molecular weight is 351 g/mol. The van der Waals surface area contributed by atoms with Gasteiger partial charge in [-0.05, 0) is 37.6 Å². The first-order valence-electron chi connectivity index (χ1n) is 6.54. The topological polar surface area (TPSA) is 48.1 Å². The van der Waals surface area contributed by atoms with E-state index >= 15 is 0 Å². The molecule has 0 aliphatic rings. The fourth-order valence-corrected chi connectivity index (χ4v) is 2.72. The molecule has 1 heterocycles. The number of halogens is 4. The van der Waals surface area contributed by atoms with E-state index < -0.39 is 17.8 Å². The number of thiazole rings is 1. The van der Waals surface area contributed by atoms with Crippen molar-refractivity contribution in [1.82, 2.24) is 4.98 Å². The molecule has 1 aromatic carbocycles. The zero-order valence-corrected chi connectivity index (χ0v) is 13.0. The lowest BCUT2D eigenvalue weighted by molar-refractivity contribution is -0.137. The minimum atomic E-state index is -4.45. The van der Waals surface area contributed by atoms with Crippen LogP contribution in [0.25, 0.3) is 0 Å². The molecule has 3 nitrogen and oxygen atoms in total. The summed E-state index contributed by atoms with van der Waals surface area (Å²) in [5, 5.41) is 2.59. The second-order valence-corrected chi connectivity index (χ2v) is 5.88. The summed E-state index contributed by atoms with van der Waals surface area (Å²) >= 11 is 7.33. The van der Waals surface area contributed by atoms with Gasteiger partial charge in [-0.15, -0.1) is 11.3 Å². The molecular formula is C14H14ClF3N2OS. The van der Waals surface area contributed by atoms with Crippen molar-refractivity contribution in [1.29, 1.82) is 0 Å². The highest BCUT2D eigenvalue weighted by Gasteiger charge is 2.31. The van der Waals surface area contributed by atoms with Crippen molar-refractivity contribution in [3.05, 3.63) is 45.4 Å². The second-order valence-electron chi connectivity index (χ2n) is 4.55. The third-order valence-electron chi connectivity index (χ3n) is 2.93. The van der Waals surface area contributed by atoms with Crippen LogP contribution in [0.15, 0.2) is 29.8 Å². The van der Waals surface area contributed by atoms with Crippen LogP contribution in [0.2, 0.25) is 5.02 Å². The summed E-state index contributed by atoms with van der Waals surface area (Å²) < 4.78 is 44.1. The molecule has 0 bridgehead atoms. The standard InChI is InChI=1S/C14H14ClF3N2OS/c15-10-4-3-9(14(16,17)18)8-12(10)21-11(2-1-5-19)13-20-6-7-22-13/h3-4,6-8,11H,1-2,5,19H2. The Balaban J connectivity index is 2.25. The Morgan fingerprint density at radius 2 is 2.14 bits per heavy atom. The summed E-state index contributed by atoms with van der Waals surface area (Å²) in [5.41, 5.74) is 4.69. The Morgan fingerprint density at radius 3 is 2.73 bits per heavy atom. The predicted octanol–water partition coefficient (Wildman–Crippen LogP) is 4.67. The summed E-state index contributed by atoms with van der Waals surface area (Å²) in [6, 6.07) is 3.01. The second kappa shape index (κ2) is 7.30. The van der Waals surface area contributed by atoms with Gasteiger partial charge in [0, 0.05) is 11.6 Å². The SMILES string of the molecule is NCCCC(Oc1cc(C(F)(F)F)ccc1Cl)c1nccs1. The van der Waals surface area contributed by atoms with Gasteiger partial charge in [0.15, 0.2) is 6.10 Å². The summed E-state index contributed by atoms with van der Waals surface area (Å²) in [7, 11) is 0. The van der Waals surface area contributed by atoms with Gasteiger partial charge in [0.1, 0.15) is 10.8 Å². The van der Waals surface area contributed by atoms with Gasteiger partial charge < -0.3 is 10.5 Å². The summed E-state index contributed by atoms with van der Waals surface area (Å²) in [6.07, 6.45) is -2.08. The Bertz CT molecular complexity index is 605. The van der Waals surface area contributed by atoms with Gasteiger partial charge in [0.25, 0.3) is 0 Å². The molecule has 0 amide bonds. The monoisotopic (exact) mass is 350 g/mol. The number of rotatable bonds is 6. The Morgan fingerprint density at radius 1 is 1.36 bits per heavy atom. The minimum absolute atomic E-state index is 0.00582. The molecule has 0 fully saturated rings. The van der Waals surface area contributed by atoms with E-state index in [1.807, 2.05) is 0 Å². The maximum atomic E-state index is 12.8. The van der Waals surface area contributed by atoms with Gasteiger partial charge in [0.05, 0.1) is 10.6 Å². The van der Waals surface area contributed by atoms with Crippen molar-refractivity contribution in [3.63, 3.8) is 0 Å². The number of nitrogens with two attached hydrogens (primary N) is 1. The zero-order chi connectivity index (χ0) is 16.2. The van der Waals surface area contributed by atoms with Gasteiger partial charge in [-0.3, -0.25) is 0 Å². The number of nitrogens with zero attached hydrogens (tertiary/aromatic N) is 1.